The Hall–Kier alpha value is -1.79. The van der Waals surface area contributed by atoms with Crippen LogP contribution in [0.25, 0.3) is 0 Å². The van der Waals surface area contributed by atoms with Crippen molar-refractivity contribution in [3.63, 3.8) is 0 Å². The van der Waals surface area contributed by atoms with Gasteiger partial charge in [-0.15, -0.1) is 12.3 Å². The van der Waals surface area contributed by atoms with Gasteiger partial charge in [0, 0.05) is 12.1 Å². The molecule has 3 heteroatoms. The van der Waals surface area contributed by atoms with Gasteiger partial charge in [0.25, 0.3) is 0 Å². The zero-order valence-electron chi connectivity index (χ0n) is 10.3. The third-order valence-electron chi connectivity index (χ3n) is 2.66. The van der Waals surface area contributed by atoms with Crippen LogP contribution in [0, 0.1) is 19.3 Å². The Morgan fingerprint density at radius 1 is 1.59 bits per heavy atom. The van der Waals surface area contributed by atoms with E-state index in [4.69, 9.17) is 12.2 Å². The fourth-order valence-corrected chi connectivity index (χ4v) is 1.64. The van der Waals surface area contributed by atoms with Crippen molar-refractivity contribution in [3.05, 3.63) is 29.3 Å². The van der Waals surface area contributed by atoms with Gasteiger partial charge in [0.05, 0.1) is 6.04 Å². The molecule has 1 rings (SSSR count). The lowest BCUT2D eigenvalue weighted by Crippen LogP contribution is -2.35. The van der Waals surface area contributed by atoms with Gasteiger partial charge in [-0.1, -0.05) is 25.1 Å². The Morgan fingerprint density at radius 2 is 2.29 bits per heavy atom. The molecule has 0 aliphatic heterocycles. The Morgan fingerprint density at radius 3 is 2.88 bits per heavy atom. The minimum absolute atomic E-state index is 0.230. The standard InChI is InChI=1S/C14H18N2O/c1-4-7-12(15)14(17)16-13-10(3)8-6-9-11(13)5-2/h1,6,8-9,12H,5,7,15H2,2-3H3,(H,16,17). The molecule has 0 spiro atoms. The van der Waals surface area contributed by atoms with Crippen molar-refractivity contribution >= 4 is 11.6 Å². The fourth-order valence-electron chi connectivity index (χ4n) is 1.64. The van der Waals surface area contributed by atoms with Gasteiger partial charge in [0.1, 0.15) is 0 Å². The van der Waals surface area contributed by atoms with E-state index in [0.29, 0.717) is 0 Å². The van der Waals surface area contributed by atoms with E-state index >= 15 is 0 Å². The summed E-state index contributed by atoms with van der Waals surface area (Å²) >= 11 is 0. The van der Waals surface area contributed by atoms with Crippen LogP contribution in [-0.2, 0) is 11.2 Å². The maximum absolute atomic E-state index is 11.8. The molecule has 1 unspecified atom stereocenters. The Labute approximate surface area is 102 Å². The second kappa shape index (κ2) is 6.07. The van der Waals surface area contributed by atoms with Crippen LogP contribution in [0.15, 0.2) is 18.2 Å². The van der Waals surface area contributed by atoms with E-state index in [-0.39, 0.29) is 12.3 Å². The maximum Gasteiger partial charge on any atom is 0.242 e. The van der Waals surface area contributed by atoms with E-state index in [0.717, 1.165) is 23.2 Å². The van der Waals surface area contributed by atoms with Gasteiger partial charge in [-0.3, -0.25) is 4.79 Å². The van der Waals surface area contributed by atoms with Gasteiger partial charge in [-0.2, -0.15) is 0 Å². The summed E-state index contributed by atoms with van der Waals surface area (Å²) in [5, 5.41) is 2.85. The Balaban J connectivity index is 2.88. The van der Waals surface area contributed by atoms with Crippen LogP contribution in [0.2, 0.25) is 0 Å². The number of nitrogens with one attached hydrogen (secondary N) is 1. The Bertz CT molecular complexity index is 446. The molecule has 1 amide bonds. The third kappa shape index (κ3) is 3.33. The van der Waals surface area contributed by atoms with Crippen molar-refractivity contribution in [2.24, 2.45) is 5.73 Å². The van der Waals surface area contributed by atoms with Crippen LogP contribution in [0.3, 0.4) is 0 Å². The number of carbonyl (C=O) groups excluding carboxylic acids is 1. The lowest BCUT2D eigenvalue weighted by molar-refractivity contribution is -0.117. The van der Waals surface area contributed by atoms with Gasteiger partial charge >= 0.3 is 0 Å². The molecule has 0 aliphatic rings. The number of hydrogen-bond acceptors (Lipinski definition) is 2. The highest BCUT2D eigenvalue weighted by Crippen LogP contribution is 2.21. The first kappa shape index (κ1) is 13.3. The first-order chi connectivity index (χ1) is 8.10. The number of terminal acetylenes is 1. The Kier molecular flexibility index (Phi) is 4.74. The molecule has 17 heavy (non-hydrogen) atoms. The van der Waals surface area contributed by atoms with Crippen molar-refractivity contribution < 1.29 is 4.79 Å². The van der Waals surface area contributed by atoms with Crippen LogP contribution >= 0.6 is 0 Å². The average molecular weight is 230 g/mol. The van der Waals surface area contributed by atoms with Crippen molar-refractivity contribution in [2.75, 3.05) is 5.32 Å². The summed E-state index contributed by atoms with van der Waals surface area (Å²) in [4.78, 5) is 11.8. The van der Waals surface area contributed by atoms with Crippen molar-refractivity contribution in [1.29, 1.82) is 0 Å². The van der Waals surface area contributed by atoms with E-state index in [2.05, 4.69) is 11.2 Å². The predicted octanol–water partition coefficient (Wildman–Crippen LogP) is 1.85. The molecule has 0 fully saturated rings. The second-order valence-electron chi connectivity index (χ2n) is 3.97. The topological polar surface area (TPSA) is 55.1 Å². The number of para-hydroxylation sites is 1. The van der Waals surface area contributed by atoms with E-state index in [1.165, 1.54) is 0 Å². The maximum atomic E-state index is 11.8. The van der Waals surface area contributed by atoms with Crippen molar-refractivity contribution in [1.82, 2.24) is 0 Å². The smallest absolute Gasteiger partial charge is 0.242 e. The van der Waals surface area contributed by atoms with Gasteiger partial charge in [-0.05, 0) is 24.5 Å². The number of rotatable bonds is 4. The largest absolute Gasteiger partial charge is 0.324 e. The molecule has 3 nitrogen and oxygen atoms in total. The number of aryl methyl sites for hydroxylation is 2. The number of amides is 1. The number of hydrogen-bond donors (Lipinski definition) is 2. The summed E-state index contributed by atoms with van der Waals surface area (Å²) in [6.07, 6.45) is 6.25. The highest BCUT2D eigenvalue weighted by Gasteiger charge is 2.14. The highest BCUT2D eigenvalue weighted by atomic mass is 16.2. The average Bonchev–Trinajstić information content (AvgIpc) is 2.31. The normalized spacial score (nSPS) is 11.6. The van der Waals surface area contributed by atoms with E-state index in [1.807, 2.05) is 32.0 Å². The SMILES string of the molecule is C#CCC(N)C(=O)Nc1c(C)cccc1CC. The first-order valence-electron chi connectivity index (χ1n) is 5.68. The molecule has 1 atom stereocenters. The van der Waals surface area contributed by atoms with Crippen LogP contribution < -0.4 is 11.1 Å². The fraction of sp³-hybridized carbons (Fsp3) is 0.357. The quantitative estimate of drug-likeness (QED) is 0.775. The molecule has 0 radical (unpaired) electrons. The molecule has 0 aliphatic carbocycles. The molecular formula is C14H18N2O. The zero-order valence-corrected chi connectivity index (χ0v) is 10.3. The number of nitrogens with two attached hydrogens (primary N) is 1. The van der Waals surface area contributed by atoms with Gasteiger partial charge in [0.2, 0.25) is 5.91 Å². The molecule has 90 valence electrons. The molecule has 0 saturated carbocycles. The van der Waals surface area contributed by atoms with Crippen LogP contribution in [0.5, 0.6) is 0 Å². The predicted molar refractivity (Wildman–Crippen MR) is 70.6 cm³/mol. The molecule has 0 aromatic heterocycles. The van der Waals surface area contributed by atoms with E-state index in [9.17, 15) is 4.79 Å². The molecule has 1 aromatic rings. The molecule has 3 N–H and O–H groups in total. The van der Waals surface area contributed by atoms with Gasteiger partial charge in [0.15, 0.2) is 0 Å². The lowest BCUT2D eigenvalue weighted by Gasteiger charge is -2.15. The minimum Gasteiger partial charge on any atom is -0.324 e. The summed E-state index contributed by atoms with van der Waals surface area (Å²) in [7, 11) is 0. The van der Waals surface area contributed by atoms with Crippen LogP contribution in [0.4, 0.5) is 5.69 Å². The highest BCUT2D eigenvalue weighted by molar-refractivity contribution is 5.96. The van der Waals surface area contributed by atoms with Crippen molar-refractivity contribution in [3.8, 4) is 12.3 Å². The summed E-state index contributed by atoms with van der Waals surface area (Å²) in [5.41, 5.74) is 8.65. The molecule has 0 saturated heterocycles. The summed E-state index contributed by atoms with van der Waals surface area (Å²) in [5.74, 6) is 2.16. The summed E-state index contributed by atoms with van der Waals surface area (Å²) in [6.45, 7) is 4.01. The monoisotopic (exact) mass is 230 g/mol. The summed E-state index contributed by atoms with van der Waals surface area (Å²) in [6, 6.07) is 5.28. The van der Waals surface area contributed by atoms with Crippen molar-refractivity contribution in [2.45, 2.75) is 32.7 Å². The van der Waals surface area contributed by atoms with Crippen LogP contribution in [0.1, 0.15) is 24.5 Å². The van der Waals surface area contributed by atoms with E-state index in [1.54, 1.807) is 0 Å². The van der Waals surface area contributed by atoms with Crippen LogP contribution in [-0.4, -0.2) is 11.9 Å². The second-order valence-corrected chi connectivity index (χ2v) is 3.97. The molecular weight excluding hydrogens is 212 g/mol. The first-order valence-corrected chi connectivity index (χ1v) is 5.68. The molecule has 0 heterocycles. The zero-order chi connectivity index (χ0) is 12.8. The third-order valence-corrected chi connectivity index (χ3v) is 2.66. The molecule has 1 aromatic carbocycles. The minimum atomic E-state index is -0.649. The molecule has 0 bridgehead atoms. The number of benzene rings is 1. The number of carbonyl (C=O) groups is 1. The van der Waals surface area contributed by atoms with E-state index < -0.39 is 6.04 Å². The van der Waals surface area contributed by atoms with Gasteiger partial charge in [-0.25, -0.2) is 0 Å². The summed E-state index contributed by atoms with van der Waals surface area (Å²) < 4.78 is 0. The van der Waals surface area contributed by atoms with Gasteiger partial charge < -0.3 is 11.1 Å². The lowest BCUT2D eigenvalue weighted by atomic mass is 10.1. The number of anilines is 1.